The van der Waals surface area contributed by atoms with E-state index in [1.807, 2.05) is 0 Å². The summed E-state index contributed by atoms with van der Waals surface area (Å²) >= 11 is 0. The van der Waals surface area contributed by atoms with Gasteiger partial charge in [-0.1, -0.05) is 12.8 Å². The van der Waals surface area contributed by atoms with Crippen LogP contribution in [0.3, 0.4) is 0 Å². The molecular weight excluding hydrogens is 148 g/mol. The number of hydrogen-bond acceptors (Lipinski definition) is 2. The smallest absolute Gasteiger partial charge is 0.0230 e. The van der Waals surface area contributed by atoms with Crippen LogP contribution >= 0.6 is 0 Å². The minimum absolute atomic E-state index is 0.726. The van der Waals surface area contributed by atoms with Gasteiger partial charge in [0.2, 0.25) is 0 Å². The summed E-state index contributed by atoms with van der Waals surface area (Å²) < 4.78 is 0. The van der Waals surface area contributed by atoms with Gasteiger partial charge in [-0.3, -0.25) is 4.90 Å². The molecule has 2 rings (SSSR count). The van der Waals surface area contributed by atoms with E-state index in [-0.39, 0.29) is 0 Å². The zero-order valence-corrected chi connectivity index (χ0v) is 7.84. The van der Waals surface area contributed by atoms with Gasteiger partial charge in [-0.25, -0.2) is 0 Å². The zero-order valence-electron chi connectivity index (χ0n) is 7.84. The van der Waals surface area contributed by atoms with Crippen LogP contribution in [0.2, 0.25) is 0 Å². The maximum absolute atomic E-state index is 5.63. The molecule has 2 nitrogen and oxygen atoms in total. The van der Waals surface area contributed by atoms with Gasteiger partial charge in [0, 0.05) is 19.1 Å². The lowest BCUT2D eigenvalue weighted by molar-refractivity contribution is 0.0942. The quantitative estimate of drug-likeness (QED) is 0.668. The minimum atomic E-state index is 0.726. The van der Waals surface area contributed by atoms with E-state index >= 15 is 0 Å². The zero-order chi connectivity index (χ0) is 8.39. The first-order valence-electron chi connectivity index (χ1n) is 5.34. The second-order valence-corrected chi connectivity index (χ2v) is 4.30. The van der Waals surface area contributed by atoms with Gasteiger partial charge < -0.3 is 5.73 Å². The van der Waals surface area contributed by atoms with Gasteiger partial charge >= 0.3 is 0 Å². The van der Waals surface area contributed by atoms with Crippen molar-refractivity contribution in [2.45, 2.75) is 38.1 Å². The molecule has 1 atom stereocenters. The summed E-state index contributed by atoms with van der Waals surface area (Å²) in [6.45, 7) is 3.47. The molecule has 1 aliphatic carbocycles. The molecule has 0 radical (unpaired) electrons. The molecule has 1 unspecified atom stereocenters. The Kier molecular flexibility index (Phi) is 2.66. The highest BCUT2D eigenvalue weighted by Crippen LogP contribution is 2.33. The van der Waals surface area contributed by atoms with Gasteiger partial charge in [0.05, 0.1) is 0 Å². The van der Waals surface area contributed by atoms with Crippen molar-refractivity contribution < 1.29 is 0 Å². The van der Waals surface area contributed by atoms with Crippen molar-refractivity contribution in [3.8, 4) is 0 Å². The van der Waals surface area contributed by atoms with Gasteiger partial charge in [0.1, 0.15) is 0 Å². The Hall–Kier alpha value is -0.0800. The fraction of sp³-hybridized carbons (Fsp3) is 1.00. The van der Waals surface area contributed by atoms with Crippen molar-refractivity contribution in [1.29, 1.82) is 0 Å². The number of nitrogens with two attached hydrogens (primary N) is 1. The second-order valence-electron chi connectivity index (χ2n) is 4.30. The van der Waals surface area contributed by atoms with Crippen molar-refractivity contribution in [2.75, 3.05) is 19.6 Å². The Labute approximate surface area is 75.1 Å². The maximum Gasteiger partial charge on any atom is 0.0230 e. The Bertz CT molecular complexity index is 141. The Morgan fingerprint density at radius 1 is 1.25 bits per heavy atom. The minimum Gasteiger partial charge on any atom is -0.329 e. The summed E-state index contributed by atoms with van der Waals surface area (Å²) in [7, 11) is 0. The first kappa shape index (κ1) is 8.52. The molecule has 2 aliphatic rings. The molecule has 0 spiro atoms. The highest BCUT2D eigenvalue weighted by atomic mass is 15.2. The first-order valence-corrected chi connectivity index (χ1v) is 5.34. The fourth-order valence-electron chi connectivity index (χ4n) is 2.05. The van der Waals surface area contributed by atoms with E-state index in [1.54, 1.807) is 0 Å². The molecule has 2 N–H and O–H groups in total. The van der Waals surface area contributed by atoms with Gasteiger partial charge in [-0.05, 0) is 31.7 Å². The number of nitrogens with zero attached hydrogens (tertiary/aromatic N) is 1. The third-order valence-electron chi connectivity index (χ3n) is 3.29. The SMILES string of the molecule is NCC1CCN1CCCC1CC1. The van der Waals surface area contributed by atoms with E-state index in [0.29, 0.717) is 0 Å². The summed E-state index contributed by atoms with van der Waals surface area (Å²) in [6, 6.07) is 0.726. The molecule has 70 valence electrons. The highest BCUT2D eigenvalue weighted by molar-refractivity contribution is 4.83. The molecule has 0 aromatic rings. The first-order chi connectivity index (χ1) is 5.90. The predicted molar refractivity (Wildman–Crippen MR) is 51.0 cm³/mol. The third kappa shape index (κ3) is 1.99. The fourth-order valence-corrected chi connectivity index (χ4v) is 2.05. The van der Waals surface area contributed by atoms with Crippen molar-refractivity contribution in [2.24, 2.45) is 11.7 Å². The summed E-state index contributed by atoms with van der Waals surface area (Å²) in [5, 5.41) is 0. The molecule has 1 saturated carbocycles. The highest BCUT2D eigenvalue weighted by Gasteiger charge is 2.26. The van der Waals surface area contributed by atoms with Gasteiger partial charge in [0.15, 0.2) is 0 Å². The molecule has 12 heavy (non-hydrogen) atoms. The molecule has 0 aromatic carbocycles. The summed E-state index contributed by atoms with van der Waals surface area (Å²) in [6.07, 6.45) is 7.20. The van der Waals surface area contributed by atoms with E-state index in [9.17, 15) is 0 Å². The van der Waals surface area contributed by atoms with Gasteiger partial charge in [0.25, 0.3) is 0 Å². The van der Waals surface area contributed by atoms with Gasteiger partial charge in [-0.2, -0.15) is 0 Å². The van der Waals surface area contributed by atoms with E-state index < -0.39 is 0 Å². The summed E-state index contributed by atoms with van der Waals surface area (Å²) in [5.41, 5.74) is 5.63. The van der Waals surface area contributed by atoms with Crippen LogP contribution in [0.4, 0.5) is 0 Å². The van der Waals surface area contributed by atoms with E-state index in [1.165, 1.54) is 45.2 Å². The molecular formula is C10H20N2. The molecule has 0 aromatic heterocycles. The molecule has 2 fully saturated rings. The second kappa shape index (κ2) is 3.75. The van der Waals surface area contributed by atoms with Crippen LogP contribution in [0, 0.1) is 5.92 Å². The van der Waals surface area contributed by atoms with Crippen LogP contribution in [0.15, 0.2) is 0 Å². The molecule has 1 heterocycles. The molecule has 2 heteroatoms. The van der Waals surface area contributed by atoms with Crippen LogP contribution in [0.5, 0.6) is 0 Å². The van der Waals surface area contributed by atoms with Crippen molar-refractivity contribution in [1.82, 2.24) is 4.90 Å². The topological polar surface area (TPSA) is 29.3 Å². The molecule has 1 saturated heterocycles. The standard InChI is InChI=1S/C10H20N2/c11-8-10-5-7-12(10)6-1-2-9-3-4-9/h9-10H,1-8,11H2. The average Bonchev–Trinajstić information content (AvgIpc) is 2.80. The summed E-state index contributed by atoms with van der Waals surface area (Å²) in [4.78, 5) is 2.54. The van der Waals surface area contributed by atoms with E-state index in [0.717, 1.165) is 18.5 Å². The van der Waals surface area contributed by atoms with Crippen LogP contribution in [0.1, 0.15) is 32.1 Å². The number of hydrogen-bond donors (Lipinski definition) is 1. The van der Waals surface area contributed by atoms with E-state index in [2.05, 4.69) is 4.90 Å². The van der Waals surface area contributed by atoms with E-state index in [4.69, 9.17) is 5.73 Å². The summed E-state index contributed by atoms with van der Waals surface area (Å²) in [5.74, 6) is 1.10. The van der Waals surface area contributed by atoms with Crippen LogP contribution in [-0.2, 0) is 0 Å². The largest absolute Gasteiger partial charge is 0.329 e. The molecule has 0 amide bonds. The maximum atomic E-state index is 5.63. The lowest BCUT2D eigenvalue weighted by atomic mass is 10.0. The number of rotatable bonds is 5. The number of likely N-dealkylation sites (tertiary alicyclic amines) is 1. The Morgan fingerprint density at radius 2 is 2.08 bits per heavy atom. The molecule has 0 bridgehead atoms. The predicted octanol–water partition coefficient (Wildman–Crippen LogP) is 1.21. The molecule has 1 aliphatic heterocycles. The van der Waals surface area contributed by atoms with Crippen LogP contribution in [0.25, 0.3) is 0 Å². The van der Waals surface area contributed by atoms with Crippen molar-refractivity contribution >= 4 is 0 Å². The lowest BCUT2D eigenvalue weighted by Crippen LogP contribution is -2.51. The normalized spacial score (nSPS) is 30.2. The Morgan fingerprint density at radius 3 is 2.58 bits per heavy atom. The average molecular weight is 168 g/mol. The lowest BCUT2D eigenvalue weighted by Gasteiger charge is -2.40. The Balaban J connectivity index is 1.53. The van der Waals surface area contributed by atoms with Crippen LogP contribution < -0.4 is 5.73 Å². The van der Waals surface area contributed by atoms with Crippen molar-refractivity contribution in [3.05, 3.63) is 0 Å². The van der Waals surface area contributed by atoms with Crippen LogP contribution in [-0.4, -0.2) is 30.6 Å². The van der Waals surface area contributed by atoms with Crippen molar-refractivity contribution in [3.63, 3.8) is 0 Å². The monoisotopic (exact) mass is 168 g/mol. The van der Waals surface area contributed by atoms with Gasteiger partial charge in [-0.15, -0.1) is 0 Å². The third-order valence-corrected chi connectivity index (χ3v) is 3.29.